The third-order valence-corrected chi connectivity index (χ3v) is 4.31. The number of urea groups is 1. The van der Waals surface area contributed by atoms with Crippen LogP contribution in [0.2, 0.25) is 0 Å². The minimum Gasteiger partial charge on any atom is -0.351 e. The second-order valence-electron chi connectivity index (χ2n) is 4.68. The number of nitrogens with zero attached hydrogens (tertiary/aromatic N) is 2. The summed E-state index contributed by atoms with van der Waals surface area (Å²) in [6.45, 7) is 4.59. The van der Waals surface area contributed by atoms with Crippen molar-refractivity contribution in [3.8, 4) is 0 Å². The Bertz CT molecular complexity index is 399. The van der Waals surface area contributed by atoms with E-state index in [9.17, 15) is 4.79 Å². The Kier molecular flexibility index (Phi) is 5.54. The van der Waals surface area contributed by atoms with E-state index in [2.05, 4.69) is 29.2 Å². The summed E-state index contributed by atoms with van der Waals surface area (Å²) in [5, 5.41) is 0. The fraction of sp³-hybridized carbons (Fsp3) is 0.500. The zero-order chi connectivity index (χ0) is 13.5. The Morgan fingerprint density at radius 2 is 1.95 bits per heavy atom. The van der Waals surface area contributed by atoms with Gasteiger partial charge in [0.15, 0.2) is 0 Å². The van der Waals surface area contributed by atoms with Crippen LogP contribution in [-0.2, 0) is 0 Å². The number of rotatable bonds is 4. The number of benzene rings is 1. The summed E-state index contributed by atoms with van der Waals surface area (Å²) in [6, 6.07) is 10.2. The smallest absolute Gasteiger partial charge is 0.314 e. The average Bonchev–Trinajstić information content (AvgIpc) is 2.66. The maximum absolute atomic E-state index is 11.1. The summed E-state index contributed by atoms with van der Waals surface area (Å²) in [6.07, 6.45) is 1.01. The molecular weight excluding hydrogens is 258 g/mol. The molecule has 0 saturated carbocycles. The summed E-state index contributed by atoms with van der Waals surface area (Å²) in [7, 11) is 0. The molecule has 0 spiro atoms. The first-order valence-electron chi connectivity index (χ1n) is 6.70. The first-order valence-corrected chi connectivity index (χ1v) is 7.69. The predicted molar refractivity (Wildman–Crippen MR) is 79.4 cm³/mol. The molecule has 0 atom stereocenters. The van der Waals surface area contributed by atoms with Gasteiger partial charge in [-0.15, -0.1) is 11.8 Å². The van der Waals surface area contributed by atoms with Crippen molar-refractivity contribution in [1.29, 1.82) is 0 Å². The summed E-state index contributed by atoms with van der Waals surface area (Å²) in [5.41, 5.74) is 5.32. The van der Waals surface area contributed by atoms with Gasteiger partial charge in [-0.05, 0) is 25.1 Å². The van der Waals surface area contributed by atoms with E-state index in [4.69, 9.17) is 5.73 Å². The lowest BCUT2D eigenvalue weighted by molar-refractivity contribution is 0.208. The summed E-state index contributed by atoms with van der Waals surface area (Å²) in [4.78, 5) is 16.6. The number of nitrogens with two attached hydrogens (primary N) is 1. The molecule has 2 N–H and O–H groups in total. The van der Waals surface area contributed by atoms with Crippen molar-refractivity contribution >= 4 is 17.8 Å². The molecule has 0 bridgehead atoms. The fourth-order valence-corrected chi connectivity index (χ4v) is 3.16. The summed E-state index contributed by atoms with van der Waals surface area (Å²) >= 11 is 1.88. The van der Waals surface area contributed by atoms with Crippen LogP contribution >= 0.6 is 11.8 Å². The maximum atomic E-state index is 11.1. The topological polar surface area (TPSA) is 49.6 Å². The molecule has 5 heteroatoms. The van der Waals surface area contributed by atoms with Crippen LogP contribution in [0, 0.1) is 0 Å². The lowest BCUT2D eigenvalue weighted by atomic mass is 10.4. The average molecular weight is 279 g/mol. The highest BCUT2D eigenvalue weighted by molar-refractivity contribution is 7.99. The van der Waals surface area contributed by atoms with Crippen LogP contribution in [0.15, 0.2) is 35.2 Å². The molecule has 19 heavy (non-hydrogen) atoms. The summed E-state index contributed by atoms with van der Waals surface area (Å²) in [5.74, 6) is 1.08. The third-order valence-electron chi connectivity index (χ3n) is 3.32. The van der Waals surface area contributed by atoms with Crippen LogP contribution in [0.5, 0.6) is 0 Å². The van der Waals surface area contributed by atoms with Crippen molar-refractivity contribution in [2.75, 3.05) is 38.5 Å². The molecule has 1 aliphatic heterocycles. The number of hydrogen-bond acceptors (Lipinski definition) is 3. The minimum absolute atomic E-state index is 0.291. The molecule has 4 nitrogen and oxygen atoms in total. The van der Waals surface area contributed by atoms with Crippen LogP contribution in [-0.4, -0.2) is 54.3 Å². The van der Waals surface area contributed by atoms with Crippen molar-refractivity contribution in [3.63, 3.8) is 0 Å². The lowest BCUT2D eigenvalue weighted by Gasteiger charge is -2.20. The highest BCUT2D eigenvalue weighted by atomic mass is 32.2. The van der Waals surface area contributed by atoms with Crippen LogP contribution in [0.4, 0.5) is 4.79 Å². The molecule has 1 aromatic rings. The highest BCUT2D eigenvalue weighted by Gasteiger charge is 2.16. The van der Waals surface area contributed by atoms with Gasteiger partial charge in [0.05, 0.1) is 0 Å². The Morgan fingerprint density at radius 1 is 1.16 bits per heavy atom. The molecule has 1 fully saturated rings. The number of carbonyl (C=O) groups excluding carboxylic acids is 1. The molecule has 0 radical (unpaired) electrons. The molecule has 104 valence electrons. The number of carbonyl (C=O) groups is 1. The van der Waals surface area contributed by atoms with Gasteiger partial charge >= 0.3 is 6.03 Å². The van der Waals surface area contributed by atoms with Crippen LogP contribution in [0.3, 0.4) is 0 Å². The van der Waals surface area contributed by atoms with Crippen LogP contribution in [0.1, 0.15) is 6.42 Å². The number of thioether (sulfide) groups is 1. The van der Waals surface area contributed by atoms with E-state index < -0.39 is 0 Å². The van der Waals surface area contributed by atoms with Gasteiger partial charge in [-0.1, -0.05) is 18.2 Å². The Labute approximate surface area is 118 Å². The van der Waals surface area contributed by atoms with E-state index in [1.807, 2.05) is 17.8 Å². The number of amides is 2. The molecule has 1 aliphatic rings. The molecule has 2 rings (SSSR count). The summed E-state index contributed by atoms with van der Waals surface area (Å²) < 4.78 is 0. The van der Waals surface area contributed by atoms with E-state index in [0.29, 0.717) is 0 Å². The SMILES string of the molecule is NC(=O)N1CCCN(CCSc2ccccc2)CC1. The van der Waals surface area contributed by atoms with Crippen LogP contribution in [0.25, 0.3) is 0 Å². The van der Waals surface area contributed by atoms with E-state index in [0.717, 1.165) is 44.9 Å². The minimum atomic E-state index is -0.291. The Balaban J connectivity index is 1.70. The van der Waals surface area contributed by atoms with Gasteiger partial charge in [-0.25, -0.2) is 4.79 Å². The van der Waals surface area contributed by atoms with Crippen molar-refractivity contribution in [3.05, 3.63) is 30.3 Å². The van der Waals surface area contributed by atoms with Gasteiger partial charge in [-0.3, -0.25) is 0 Å². The van der Waals surface area contributed by atoms with E-state index in [1.165, 1.54) is 4.90 Å². The second kappa shape index (κ2) is 7.40. The number of primary amides is 1. The Hall–Kier alpha value is -1.20. The largest absolute Gasteiger partial charge is 0.351 e. The van der Waals surface area contributed by atoms with Crippen molar-refractivity contribution in [1.82, 2.24) is 9.80 Å². The highest BCUT2D eigenvalue weighted by Crippen LogP contribution is 2.17. The third kappa shape index (κ3) is 4.76. The molecular formula is C14H21N3OS. The maximum Gasteiger partial charge on any atom is 0.314 e. The van der Waals surface area contributed by atoms with E-state index in [1.54, 1.807) is 4.90 Å². The quantitative estimate of drug-likeness (QED) is 0.856. The van der Waals surface area contributed by atoms with E-state index in [-0.39, 0.29) is 6.03 Å². The monoisotopic (exact) mass is 279 g/mol. The van der Waals surface area contributed by atoms with E-state index >= 15 is 0 Å². The molecule has 0 unspecified atom stereocenters. The van der Waals surface area contributed by atoms with Gasteiger partial charge < -0.3 is 15.5 Å². The van der Waals surface area contributed by atoms with Gasteiger partial charge in [0.25, 0.3) is 0 Å². The first-order chi connectivity index (χ1) is 9.25. The van der Waals surface area contributed by atoms with Crippen LogP contribution < -0.4 is 5.73 Å². The number of hydrogen-bond donors (Lipinski definition) is 1. The predicted octanol–water partition coefficient (Wildman–Crippen LogP) is 1.87. The fourth-order valence-electron chi connectivity index (χ4n) is 2.22. The van der Waals surface area contributed by atoms with Crippen molar-refractivity contribution in [2.45, 2.75) is 11.3 Å². The molecule has 1 saturated heterocycles. The zero-order valence-corrected chi connectivity index (χ0v) is 11.9. The molecule has 1 heterocycles. The standard InChI is InChI=1S/C14H21N3OS/c15-14(18)17-8-4-7-16(9-10-17)11-12-19-13-5-2-1-3-6-13/h1-3,5-6H,4,7-12H2,(H2,15,18). The van der Waals surface area contributed by atoms with Crippen molar-refractivity contribution < 1.29 is 4.79 Å². The Morgan fingerprint density at radius 3 is 2.68 bits per heavy atom. The van der Waals surface area contributed by atoms with Crippen molar-refractivity contribution in [2.24, 2.45) is 5.73 Å². The molecule has 2 amide bonds. The normalized spacial score (nSPS) is 17.2. The van der Waals surface area contributed by atoms with Gasteiger partial charge in [0, 0.05) is 36.8 Å². The van der Waals surface area contributed by atoms with Gasteiger partial charge in [0.1, 0.15) is 0 Å². The second-order valence-corrected chi connectivity index (χ2v) is 5.85. The van der Waals surface area contributed by atoms with Gasteiger partial charge in [-0.2, -0.15) is 0 Å². The van der Waals surface area contributed by atoms with Gasteiger partial charge in [0.2, 0.25) is 0 Å². The molecule has 1 aromatic carbocycles. The molecule has 0 aliphatic carbocycles. The molecule has 0 aromatic heterocycles. The lowest BCUT2D eigenvalue weighted by Crippen LogP contribution is -2.38. The zero-order valence-electron chi connectivity index (χ0n) is 11.1. The first kappa shape index (κ1) is 14.2.